The fraction of sp³-hybridized carbons (Fsp3) is 0.294. The minimum absolute atomic E-state index is 0.0297. The van der Waals surface area contributed by atoms with E-state index < -0.39 is 0 Å². The number of hydrogen-bond donors (Lipinski definition) is 0. The minimum atomic E-state index is -0.0297. The van der Waals surface area contributed by atoms with Crippen molar-refractivity contribution in [2.24, 2.45) is 0 Å². The predicted molar refractivity (Wildman–Crippen MR) is 78.9 cm³/mol. The van der Waals surface area contributed by atoms with E-state index in [0.717, 1.165) is 16.9 Å². The van der Waals surface area contributed by atoms with E-state index in [1.165, 1.54) is 0 Å². The third kappa shape index (κ3) is 2.97. The Kier molecular flexibility index (Phi) is 3.76. The number of aromatic nitrogens is 1. The molecule has 1 heterocycles. The van der Waals surface area contributed by atoms with Crippen molar-refractivity contribution in [3.05, 3.63) is 53.3 Å². The molecule has 0 bridgehead atoms. The lowest BCUT2D eigenvalue weighted by Crippen LogP contribution is -2.12. The zero-order valence-electron chi connectivity index (χ0n) is 12.3. The molecule has 0 N–H and O–H groups in total. The van der Waals surface area contributed by atoms with Crippen molar-refractivity contribution in [1.29, 1.82) is 5.26 Å². The van der Waals surface area contributed by atoms with Crippen LogP contribution in [0.25, 0.3) is 0 Å². The van der Waals surface area contributed by atoms with E-state index in [1.54, 1.807) is 18.3 Å². The normalized spacial score (nSPS) is 10.9. The summed E-state index contributed by atoms with van der Waals surface area (Å²) >= 11 is 0. The van der Waals surface area contributed by atoms with E-state index in [-0.39, 0.29) is 5.41 Å². The summed E-state index contributed by atoms with van der Waals surface area (Å²) in [6, 6.07) is 11.7. The zero-order valence-corrected chi connectivity index (χ0v) is 12.3. The Morgan fingerprint density at radius 2 is 1.90 bits per heavy atom. The Balaban J connectivity index is 2.48. The van der Waals surface area contributed by atoms with Gasteiger partial charge in [0.1, 0.15) is 11.8 Å². The van der Waals surface area contributed by atoms with Gasteiger partial charge in [0.15, 0.2) is 11.4 Å². The molecule has 0 amide bonds. The molecule has 1 aromatic heterocycles. The van der Waals surface area contributed by atoms with Gasteiger partial charge in [-0.15, -0.1) is 0 Å². The molecule has 2 aromatic rings. The molecule has 0 saturated heterocycles. The molecule has 3 nitrogen and oxygen atoms in total. The van der Waals surface area contributed by atoms with Gasteiger partial charge in [0.05, 0.1) is 0 Å². The van der Waals surface area contributed by atoms with Crippen LogP contribution in [0.3, 0.4) is 0 Å². The number of nitrogens with zero attached hydrogens (tertiary/aromatic N) is 2. The molecular formula is C17H18N2O. The van der Waals surface area contributed by atoms with Gasteiger partial charge in [0, 0.05) is 11.8 Å². The molecule has 20 heavy (non-hydrogen) atoms. The molecule has 3 heteroatoms. The van der Waals surface area contributed by atoms with Crippen molar-refractivity contribution >= 4 is 0 Å². The van der Waals surface area contributed by atoms with Gasteiger partial charge in [-0.3, -0.25) is 0 Å². The molecule has 0 spiro atoms. The first-order valence-electron chi connectivity index (χ1n) is 6.56. The minimum Gasteiger partial charge on any atom is -0.454 e. The molecule has 0 saturated carbocycles. The second kappa shape index (κ2) is 5.34. The van der Waals surface area contributed by atoms with E-state index in [2.05, 4.69) is 44.0 Å². The quantitative estimate of drug-likeness (QED) is 0.811. The summed E-state index contributed by atoms with van der Waals surface area (Å²) in [5.74, 6) is 1.27. The van der Waals surface area contributed by atoms with E-state index >= 15 is 0 Å². The maximum absolute atomic E-state index is 9.09. The van der Waals surface area contributed by atoms with Gasteiger partial charge < -0.3 is 4.74 Å². The number of hydrogen-bond acceptors (Lipinski definition) is 3. The van der Waals surface area contributed by atoms with Gasteiger partial charge in [-0.05, 0) is 36.1 Å². The third-order valence-electron chi connectivity index (χ3n) is 3.04. The van der Waals surface area contributed by atoms with Crippen molar-refractivity contribution in [1.82, 2.24) is 4.98 Å². The summed E-state index contributed by atoms with van der Waals surface area (Å²) < 4.78 is 5.95. The van der Waals surface area contributed by atoms with Crippen molar-refractivity contribution in [2.45, 2.75) is 33.1 Å². The zero-order chi connectivity index (χ0) is 14.8. The summed E-state index contributed by atoms with van der Waals surface area (Å²) in [4.78, 5) is 4.02. The summed E-state index contributed by atoms with van der Waals surface area (Å²) in [7, 11) is 0. The molecule has 2 rings (SSSR count). The van der Waals surface area contributed by atoms with Crippen LogP contribution in [-0.2, 0) is 5.41 Å². The molecule has 0 aliphatic heterocycles. The lowest BCUT2D eigenvalue weighted by molar-refractivity contribution is 0.451. The highest BCUT2D eigenvalue weighted by molar-refractivity contribution is 5.46. The van der Waals surface area contributed by atoms with Gasteiger partial charge in [0.2, 0.25) is 0 Å². The summed E-state index contributed by atoms with van der Waals surface area (Å²) in [6.07, 6.45) is 1.59. The van der Waals surface area contributed by atoms with Gasteiger partial charge >= 0.3 is 0 Å². The number of benzene rings is 1. The van der Waals surface area contributed by atoms with Crippen LogP contribution in [0, 0.1) is 18.3 Å². The van der Waals surface area contributed by atoms with Crippen molar-refractivity contribution in [2.75, 3.05) is 0 Å². The highest BCUT2D eigenvalue weighted by Crippen LogP contribution is 2.35. The largest absolute Gasteiger partial charge is 0.454 e. The predicted octanol–water partition coefficient (Wildman–Crippen LogP) is 4.35. The maximum Gasteiger partial charge on any atom is 0.183 e. The number of rotatable bonds is 2. The smallest absolute Gasteiger partial charge is 0.183 e. The molecule has 0 radical (unpaired) electrons. The standard InChI is InChI=1S/C17H18N2O/c1-12-7-8-13(17(2,3)4)16(10-12)20-15-6-5-9-19-14(15)11-18/h5-10H,1-4H3. The first-order valence-corrected chi connectivity index (χ1v) is 6.56. The SMILES string of the molecule is Cc1ccc(C(C)(C)C)c(Oc2cccnc2C#N)c1. The molecule has 0 atom stereocenters. The molecule has 0 unspecified atom stereocenters. The van der Waals surface area contributed by atoms with Crippen molar-refractivity contribution in [3.8, 4) is 17.6 Å². The number of ether oxygens (including phenoxy) is 1. The van der Waals surface area contributed by atoms with Crippen LogP contribution in [0.2, 0.25) is 0 Å². The molecule has 0 fully saturated rings. The topological polar surface area (TPSA) is 45.9 Å². The van der Waals surface area contributed by atoms with Crippen LogP contribution < -0.4 is 4.74 Å². The second-order valence-corrected chi connectivity index (χ2v) is 5.81. The van der Waals surface area contributed by atoms with E-state index in [1.807, 2.05) is 13.0 Å². The fourth-order valence-electron chi connectivity index (χ4n) is 2.01. The number of aryl methyl sites for hydroxylation is 1. The summed E-state index contributed by atoms with van der Waals surface area (Å²) in [5, 5.41) is 9.09. The van der Waals surface area contributed by atoms with Crippen LogP contribution in [0.1, 0.15) is 37.6 Å². The molecule has 1 aromatic carbocycles. The van der Waals surface area contributed by atoms with Crippen LogP contribution in [0.4, 0.5) is 0 Å². The highest BCUT2D eigenvalue weighted by atomic mass is 16.5. The van der Waals surface area contributed by atoms with Crippen LogP contribution in [0.15, 0.2) is 36.5 Å². The van der Waals surface area contributed by atoms with Gasteiger partial charge in [0.25, 0.3) is 0 Å². The fourth-order valence-corrected chi connectivity index (χ4v) is 2.01. The molecule has 0 aliphatic carbocycles. The van der Waals surface area contributed by atoms with Gasteiger partial charge in [-0.2, -0.15) is 5.26 Å². The van der Waals surface area contributed by atoms with E-state index in [0.29, 0.717) is 11.4 Å². The van der Waals surface area contributed by atoms with Gasteiger partial charge in [-0.1, -0.05) is 32.9 Å². The number of pyridine rings is 1. The van der Waals surface area contributed by atoms with Crippen LogP contribution >= 0.6 is 0 Å². The van der Waals surface area contributed by atoms with Gasteiger partial charge in [-0.25, -0.2) is 4.98 Å². The second-order valence-electron chi connectivity index (χ2n) is 5.81. The number of nitriles is 1. The van der Waals surface area contributed by atoms with Crippen molar-refractivity contribution < 1.29 is 4.74 Å². The molecule has 102 valence electrons. The maximum atomic E-state index is 9.09. The lowest BCUT2D eigenvalue weighted by atomic mass is 9.86. The van der Waals surface area contributed by atoms with E-state index in [9.17, 15) is 0 Å². The third-order valence-corrected chi connectivity index (χ3v) is 3.04. The van der Waals surface area contributed by atoms with Crippen LogP contribution in [0.5, 0.6) is 11.5 Å². The monoisotopic (exact) mass is 266 g/mol. The van der Waals surface area contributed by atoms with E-state index in [4.69, 9.17) is 10.00 Å². The Morgan fingerprint density at radius 1 is 1.15 bits per heavy atom. The summed E-state index contributed by atoms with van der Waals surface area (Å²) in [6.45, 7) is 8.44. The Labute approximate surface area is 119 Å². The Morgan fingerprint density at radius 3 is 2.55 bits per heavy atom. The average molecular weight is 266 g/mol. The molecular weight excluding hydrogens is 248 g/mol. The average Bonchev–Trinajstić information content (AvgIpc) is 2.38. The first kappa shape index (κ1) is 14.1. The van der Waals surface area contributed by atoms with Crippen LogP contribution in [-0.4, -0.2) is 4.98 Å². The van der Waals surface area contributed by atoms with Crippen molar-refractivity contribution in [3.63, 3.8) is 0 Å². The first-order chi connectivity index (χ1) is 9.41. The molecule has 0 aliphatic rings. The Bertz CT molecular complexity index is 663. The summed E-state index contributed by atoms with van der Waals surface area (Å²) in [5.41, 5.74) is 2.50. The lowest BCUT2D eigenvalue weighted by Gasteiger charge is -2.23. The Hall–Kier alpha value is -2.34. The highest BCUT2D eigenvalue weighted by Gasteiger charge is 2.20.